The van der Waals surface area contributed by atoms with Crippen molar-refractivity contribution in [2.24, 2.45) is 5.92 Å². The zero-order chi connectivity index (χ0) is 28.0. The predicted octanol–water partition coefficient (Wildman–Crippen LogP) is 6.12. The summed E-state index contributed by atoms with van der Waals surface area (Å²) in [5, 5.41) is 3.05. The van der Waals surface area contributed by atoms with Gasteiger partial charge in [0.25, 0.3) is 0 Å². The minimum Gasteiger partial charge on any atom is -0.414 e. The Bertz CT molecular complexity index is 1100. The van der Waals surface area contributed by atoms with Gasteiger partial charge in [-0.05, 0) is 36.3 Å². The van der Waals surface area contributed by atoms with Gasteiger partial charge in [-0.1, -0.05) is 55.4 Å². The van der Waals surface area contributed by atoms with Gasteiger partial charge in [-0.2, -0.15) is 0 Å². The maximum Gasteiger partial charge on any atom is 0.228 e. The SMILES string of the molecule is CC(C)C(=O)Nc1ncnc2c1ncn2[C@H]1C[C@H](O[Si](C)(C)C(C)(C)C)[C@@H](CO[Si](C)(C)C(C)(C)C)O1. The lowest BCUT2D eigenvalue weighted by molar-refractivity contribution is -0.118. The summed E-state index contributed by atoms with van der Waals surface area (Å²) >= 11 is 0. The largest absolute Gasteiger partial charge is 0.414 e. The Morgan fingerprint density at radius 1 is 1.08 bits per heavy atom. The van der Waals surface area contributed by atoms with Crippen LogP contribution in [0.15, 0.2) is 12.7 Å². The van der Waals surface area contributed by atoms with Gasteiger partial charge in [0, 0.05) is 12.3 Å². The second-order valence-electron chi connectivity index (χ2n) is 13.5. The van der Waals surface area contributed by atoms with Crippen molar-refractivity contribution in [1.82, 2.24) is 19.5 Å². The summed E-state index contributed by atoms with van der Waals surface area (Å²) in [7, 11) is -4.02. The molecule has 0 aromatic carbocycles. The van der Waals surface area contributed by atoms with E-state index in [1.807, 2.05) is 18.4 Å². The fourth-order valence-corrected chi connectivity index (χ4v) is 5.99. The molecule has 0 saturated carbocycles. The Balaban J connectivity index is 1.90. The van der Waals surface area contributed by atoms with Crippen LogP contribution < -0.4 is 5.32 Å². The second kappa shape index (κ2) is 10.5. The van der Waals surface area contributed by atoms with E-state index in [4.69, 9.17) is 13.6 Å². The number of hydrogen-bond acceptors (Lipinski definition) is 7. The number of imidazole rings is 1. The van der Waals surface area contributed by atoms with E-state index < -0.39 is 16.6 Å². The minimum atomic E-state index is -2.05. The maximum absolute atomic E-state index is 12.3. The molecule has 3 heterocycles. The molecule has 208 valence electrons. The summed E-state index contributed by atoms with van der Waals surface area (Å²) in [6.45, 7) is 26.7. The molecule has 1 saturated heterocycles. The Labute approximate surface area is 224 Å². The zero-order valence-corrected chi connectivity index (χ0v) is 26.8. The first-order valence-corrected chi connectivity index (χ1v) is 19.1. The molecule has 0 unspecified atom stereocenters. The number of anilines is 1. The van der Waals surface area contributed by atoms with E-state index in [9.17, 15) is 4.79 Å². The summed E-state index contributed by atoms with van der Waals surface area (Å²) in [4.78, 5) is 25.6. The highest BCUT2D eigenvalue weighted by Crippen LogP contribution is 2.43. The lowest BCUT2D eigenvalue weighted by atomic mass is 10.2. The van der Waals surface area contributed by atoms with Crippen LogP contribution in [0.1, 0.15) is 68.0 Å². The number of nitrogens with one attached hydrogen (secondary N) is 1. The van der Waals surface area contributed by atoms with Crippen molar-refractivity contribution in [1.29, 1.82) is 0 Å². The quantitative estimate of drug-likeness (QED) is 0.396. The van der Waals surface area contributed by atoms with E-state index in [0.29, 0.717) is 30.0 Å². The zero-order valence-electron chi connectivity index (χ0n) is 24.8. The van der Waals surface area contributed by atoms with Crippen LogP contribution in [0.4, 0.5) is 5.82 Å². The molecular weight excluding hydrogens is 502 g/mol. The van der Waals surface area contributed by atoms with Gasteiger partial charge in [-0.3, -0.25) is 9.36 Å². The molecule has 2 aromatic rings. The third kappa shape index (κ3) is 6.50. The molecule has 3 rings (SSSR count). The van der Waals surface area contributed by atoms with E-state index in [0.717, 1.165) is 0 Å². The summed E-state index contributed by atoms with van der Waals surface area (Å²) in [6, 6.07) is 0. The van der Waals surface area contributed by atoms with E-state index in [2.05, 4.69) is 88.0 Å². The normalized spacial score (nSPS) is 21.7. The van der Waals surface area contributed by atoms with Crippen LogP contribution in [-0.4, -0.2) is 60.9 Å². The fraction of sp³-hybridized carbons (Fsp3) is 0.769. The summed E-state index contributed by atoms with van der Waals surface area (Å²) < 4.78 is 22.0. The highest BCUT2D eigenvalue weighted by molar-refractivity contribution is 6.74. The van der Waals surface area contributed by atoms with Gasteiger partial charge in [-0.25, -0.2) is 15.0 Å². The van der Waals surface area contributed by atoms with Crippen molar-refractivity contribution in [3.8, 4) is 0 Å². The number of carbonyl (C=O) groups excluding carboxylic acids is 1. The first-order chi connectivity index (χ1) is 16.8. The van der Waals surface area contributed by atoms with Crippen LogP contribution in [-0.2, 0) is 18.4 Å². The Morgan fingerprint density at radius 3 is 2.27 bits per heavy atom. The van der Waals surface area contributed by atoms with Crippen molar-refractivity contribution in [3.05, 3.63) is 12.7 Å². The molecule has 0 aliphatic carbocycles. The first kappa shape index (κ1) is 29.9. The molecule has 1 N–H and O–H groups in total. The van der Waals surface area contributed by atoms with Crippen molar-refractivity contribution < 1.29 is 18.4 Å². The number of hydrogen-bond donors (Lipinski definition) is 1. The lowest BCUT2D eigenvalue weighted by Crippen LogP contribution is -2.48. The molecule has 0 radical (unpaired) electrons. The molecule has 37 heavy (non-hydrogen) atoms. The molecular formula is C26H47N5O4Si2. The summed E-state index contributed by atoms with van der Waals surface area (Å²) in [5.74, 6) is 0.129. The van der Waals surface area contributed by atoms with Gasteiger partial charge in [0.15, 0.2) is 33.6 Å². The molecule has 1 amide bonds. The predicted molar refractivity (Wildman–Crippen MR) is 153 cm³/mol. The number of aromatic nitrogens is 4. The summed E-state index contributed by atoms with van der Waals surface area (Å²) in [6.07, 6.45) is 3.23. The topological polar surface area (TPSA) is 100 Å². The van der Waals surface area contributed by atoms with Crippen LogP contribution in [0.3, 0.4) is 0 Å². The van der Waals surface area contributed by atoms with Gasteiger partial charge in [0.05, 0.1) is 19.0 Å². The third-order valence-electron chi connectivity index (χ3n) is 8.28. The lowest BCUT2D eigenvalue weighted by Gasteiger charge is -2.40. The van der Waals surface area contributed by atoms with Crippen molar-refractivity contribution in [2.75, 3.05) is 11.9 Å². The van der Waals surface area contributed by atoms with Crippen molar-refractivity contribution in [3.63, 3.8) is 0 Å². The number of carbonyl (C=O) groups is 1. The molecule has 1 fully saturated rings. The Hall–Kier alpha value is -1.67. The Kier molecular flexibility index (Phi) is 8.46. The van der Waals surface area contributed by atoms with Gasteiger partial charge in [0.1, 0.15) is 18.7 Å². The highest BCUT2D eigenvalue weighted by atomic mass is 28.4. The van der Waals surface area contributed by atoms with Crippen LogP contribution in [0.5, 0.6) is 0 Å². The number of ether oxygens (including phenoxy) is 1. The van der Waals surface area contributed by atoms with E-state index in [1.54, 1.807) is 6.33 Å². The van der Waals surface area contributed by atoms with E-state index in [1.165, 1.54) is 6.33 Å². The minimum absolute atomic E-state index is 0.0778. The average Bonchev–Trinajstić information content (AvgIpc) is 3.34. The van der Waals surface area contributed by atoms with E-state index >= 15 is 0 Å². The monoisotopic (exact) mass is 549 g/mol. The molecule has 2 aromatic heterocycles. The van der Waals surface area contributed by atoms with Crippen LogP contribution in [0.2, 0.25) is 36.3 Å². The number of fused-ring (bicyclic) bond motifs is 1. The molecule has 3 atom stereocenters. The smallest absolute Gasteiger partial charge is 0.228 e. The molecule has 1 aliphatic rings. The molecule has 0 bridgehead atoms. The van der Waals surface area contributed by atoms with Gasteiger partial charge >= 0.3 is 0 Å². The highest BCUT2D eigenvalue weighted by Gasteiger charge is 2.46. The molecule has 9 nitrogen and oxygen atoms in total. The van der Waals surface area contributed by atoms with Crippen LogP contribution in [0, 0.1) is 5.92 Å². The van der Waals surface area contributed by atoms with Crippen molar-refractivity contribution in [2.45, 2.75) is 117 Å². The van der Waals surface area contributed by atoms with Crippen LogP contribution >= 0.6 is 0 Å². The number of nitrogens with zero attached hydrogens (tertiary/aromatic N) is 4. The molecule has 1 aliphatic heterocycles. The van der Waals surface area contributed by atoms with Gasteiger partial charge in [0.2, 0.25) is 5.91 Å². The van der Waals surface area contributed by atoms with Crippen LogP contribution in [0.25, 0.3) is 11.2 Å². The third-order valence-corrected chi connectivity index (χ3v) is 17.3. The van der Waals surface area contributed by atoms with E-state index in [-0.39, 0.29) is 40.3 Å². The Morgan fingerprint density at radius 2 is 1.70 bits per heavy atom. The molecule has 0 spiro atoms. The standard InChI is InChI=1S/C26H47N5O4Si2/c1-17(2)24(32)30-22-21-23(28-15-27-22)31(16-29-21)20-13-18(35-37(11,12)26(6,7)8)19(34-20)14-33-36(9,10)25(3,4)5/h15-20H,13-14H2,1-12H3,(H,27,28,30,32)/t18-,19+,20+/m0/s1. The average molecular weight is 550 g/mol. The number of rotatable bonds is 8. The number of amides is 1. The maximum atomic E-state index is 12.3. The van der Waals surface area contributed by atoms with Gasteiger partial charge < -0.3 is 18.9 Å². The fourth-order valence-electron chi connectivity index (χ4n) is 3.62. The van der Waals surface area contributed by atoms with Gasteiger partial charge in [-0.15, -0.1) is 0 Å². The van der Waals surface area contributed by atoms with Crippen molar-refractivity contribution >= 4 is 39.5 Å². The summed E-state index contributed by atoms with van der Waals surface area (Å²) in [5.41, 5.74) is 1.17. The first-order valence-electron chi connectivity index (χ1n) is 13.3. The molecule has 11 heteroatoms. The second-order valence-corrected chi connectivity index (χ2v) is 23.1.